The van der Waals surface area contributed by atoms with Gasteiger partial charge in [-0.1, -0.05) is 43.6 Å². The van der Waals surface area contributed by atoms with E-state index in [1.807, 2.05) is 32.0 Å². The number of sulfonamides is 1. The second kappa shape index (κ2) is 10.0. The minimum atomic E-state index is -3.71. The smallest absolute Gasteiger partial charge is 0.246 e. The van der Waals surface area contributed by atoms with Gasteiger partial charge in [-0.3, -0.25) is 4.79 Å². The molecule has 1 aliphatic rings. The topological polar surface area (TPSA) is 75.7 Å². The number of piperidine rings is 1. The van der Waals surface area contributed by atoms with Gasteiger partial charge >= 0.3 is 0 Å². The molecule has 1 saturated heterocycles. The lowest BCUT2D eigenvalue weighted by atomic mass is 9.97. The van der Waals surface area contributed by atoms with Gasteiger partial charge in [0.15, 0.2) is 0 Å². The van der Waals surface area contributed by atoms with Gasteiger partial charge in [0.05, 0.1) is 7.11 Å². The van der Waals surface area contributed by atoms with Gasteiger partial charge in [0.25, 0.3) is 0 Å². The molecular weight excluding hydrogens is 436 g/mol. The first-order chi connectivity index (χ1) is 14.7. The first kappa shape index (κ1) is 23.6. The third kappa shape index (κ3) is 5.59. The maximum Gasteiger partial charge on any atom is 0.246 e. The molecule has 1 amide bonds. The van der Waals surface area contributed by atoms with E-state index in [2.05, 4.69) is 5.32 Å². The van der Waals surface area contributed by atoms with Crippen molar-refractivity contribution in [3.8, 4) is 5.75 Å². The van der Waals surface area contributed by atoms with Gasteiger partial charge in [0.2, 0.25) is 15.9 Å². The Labute approximate surface area is 189 Å². The fraction of sp³-hybridized carbons (Fsp3) is 0.435. The zero-order chi connectivity index (χ0) is 22.6. The third-order valence-corrected chi connectivity index (χ3v) is 7.85. The lowest BCUT2D eigenvalue weighted by Gasteiger charge is -2.31. The molecule has 1 fully saturated rings. The van der Waals surface area contributed by atoms with E-state index < -0.39 is 10.0 Å². The molecule has 0 radical (unpaired) electrons. The SMILES string of the molecule is COc1ccc(C(C)C)cc1S(=O)(=O)N1CCC(C(=O)NCc2ccc(Cl)cc2)CC1. The van der Waals surface area contributed by atoms with Gasteiger partial charge in [-0.25, -0.2) is 8.42 Å². The number of halogens is 1. The van der Waals surface area contributed by atoms with Gasteiger partial charge in [-0.05, 0) is 54.2 Å². The second-order valence-corrected chi connectivity index (χ2v) is 10.4. The first-order valence-corrected chi connectivity index (χ1v) is 12.2. The molecule has 1 heterocycles. The lowest BCUT2D eigenvalue weighted by Crippen LogP contribution is -2.43. The number of carbonyl (C=O) groups excluding carboxylic acids is 1. The number of nitrogens with one attached hydrogen (secondary N) is 1. The number of methoxy groups -OCH3 is 1. The maximum absolute atomic E-state index is 13.3. The van der Waals surface area contributed by atoms with Crippen LogP contribution in [0.2, 0.25) is 5.02 Å². The van der Waals surface area contributed by atoms with E-state index >= 15 is 0 Å². The largest absolute Gasteiger partial charge is 0.495 e. The average molecular weight is 465 g/mol. The molecule has 3 rings (SSSR count). The number of hydrogen-bond acceptors (Lipinski definition) is 4. The minimum Gasteiger partial charge on any atom is -0.495 e. The molecule has 0 atom stereocenters. The van der Waals surface area contributed by atoms with Crippen molar-refractivity contribution in [3.63, 3.8) is 0 Å². The Hall–Kier alpha value is -2.09. The summed E-state index contributed by atoms with van der Waals surface area (Å²) < 4.78 is 33.4. The van der Waals surface area contributed by atoms with Gasteiger partial charge in [-0.2, -0.15) is 4.31 Å². The van der Waals surface area contributed by atoms with Crippen molar-refractivity contribution < 1.29 is 17.9 Å². The standard InChI is InChI=1S/C23H29ClN2O4S/c1-16(2)19-6-9-21(30-3)22(14-19)31(28,29)26-12-10-18(11-13-26)23(27)25-15-17-4-7-20(24)8-5-17/h4-9,14,16,18H,10-13,15H2,1-3H3,(H,25,27). The molecule has 2 aromatic rings. The third-order valence-electron chi connectivity index (χ3n) is 5.68. The fourth-order valence-electron chi connectivity index (χ4n) is 3.69. The van der Waals surface area contributed by atoms with Gasteiger partial charge in [0.1, 0.15) is 10.6 Å². The van der Waals surface area contributed by atoms with Crippen molar-refractivity contribution in [1.82, 2.24) is 9.62 Å². The number of rotatable bonds is 7. The van der Waals surface area contributed by atoms with Crippen LogP contribution in [0.15, 0.2) is 47.4 Å². The van der Waals surface area contributed by atoms with Crippen molar-refractivity contribution in [3.05, 3.63) is 58.6 Å². The summed E-state index contributed by atoms with van der Waals surface area (Å²) in [6.07, 6.45) is 0.968. The summed E-state index contributed by atoms with van der Waals surface area (Å²) in [5.41, 5.74) is 1.91. The molecule has 6 nitrogen and oxygen atoms in total. The van der Waals surface area contributed by atoms with Crippen LogP contribution in [0.1, 0.15) is 43.7 Å². The van der Waals surface area contributed by atoms with E-state index in [0.29, 0.717) is 43.2 Å². The van der Waals surface area contributed by atoms with Crippen LogP contribution < -0.4 is 10.1 Å². The predicted octanol–water partition coefficient (Wildman–Crippen LogP) is 4.19. The summed E-state index contributed by atoms with van der Waals surface area (Å²) >= 11 is 5.88. The van der Waals surface area contributed by atoms with Crippen LogP contribution in [0.4, 0.5) is 0 Å². The zero-order valence-electron chi connectivity index (χ0n) is 18.1. The van der Waals surface area contributed by atoms with Gasteiger partial charge in [0, 0.05) is 30.6 Å². The van der Waals surface area contributed by atoms with E-state index in [1.54, 1.807) is 24.3 Å². The molecule has 0 saturated carbocycles. The van der Waals surface area contributed by atoms with Gasteiger partial charge in [-0.15, -0.1) is 0 Å². The monoisotopic (exact) mass is 464 g/mol. The Balaban J connectivity index is 1.63. The molecule has 1 N–H and O–H groups in total. The Morgan fingerprint density at radius 3 is 2.39 bits per heavy atom. The molecular formula is C23H29ClN2O4S. The van der Waals surface area contributed by atoms with Crippen LogP contribution in [-0.2, 0) is 21.4 Å². The summed E-state index contributed by atoms with van der Waals surface area (Å²) in [6, 6.07) is 12.6. The van der Waals surface area contributed by atoms with Crippen LogP contribution in [-0.4, -0.2) is 38.8 Å². The molecule has 0 spiro atoms. The maximum atomic E-state index is 13.3. The van der Waals surface area contributed by atoms with Crippen molar-refractivity contribution in [2.75, 3.05) is 20.2 Å². The van der Waals surface area contributed by atoms with Crippen molar-refractivity contribution in [2.24, 2.45) is 5.92 Å². The zero-order valence-corrected chi connectivity index (χ0v) is 19.7. The van der Waals surface area contributed by atoms with Crippen LogP contribution in [0.5, 0.6) is 5.75 Å². The first-order valence-electron chi connectivity index (χ1n) is 10.4. The van der Waals surface area contributed by atoms with E-state index in [1.165, 1.54) is 11.4 Å². The molecule has 168 valence electrons. The van der Waals surface area contributed by atoms with Crippen LogP contribution in [0, 0.1) is 5.92 Å². The number of benzene rings is 2. The minimum absolute atomic E-state index is 0.0496. The van der Waals surface area contributed by atoms with E-state index in [4.69, 9.17) is 16.3 Å². The van der Waals surface area contributed by atoms with Crippen molar-refractivity contribution >= 4 is 27.5 Å². The number of ether oxygens (including phenoxy) is 1. The van der Waals surface area contributed by atoms with E-state index in [9.17, 15) is 13.2 Å². The highest BCUT2D eigenvalue weighted by Crippen LogP contribution is 2.32. The Morgan fingerprint density at radius 2 is 1.81 bits per heavy atom. The number of nitrogens with zero attached hydrogens (tertiary/aromatic N) is 1. The van der Waals surface area contributed by atoms with Crippen molar-refractivity contribution in [2.45, 2.75) is 44.0 Å². The molecule has 8 heteroatoms. The molecule has 0 unspecified atom stereocenters. The molecule has 31 heavy (non-hydrogen) atoms. The van der Waals surface area contributed by atoms with E-state index in [-0.39, 0.29) is 22.6 Å². The molecule has 0 aliphatic carbocycles. The van der Waals surface area contributed by atoms with Crippen LogP contribution in [0.25, 0.3) is 0 Å². The quantitative estimate of drug-likeness (QED) is 0.666. The Bertz CT molecular complexity index is 1010. The Kier molecular flexibility index (Phi) is 7.62. The highest BCUT2D eigenvalue weighted by Gasteiger charge is 2.34. The highest BCUT2D eigenvalue weighted by molar-refractivity contribution is 7.89. The number of amides is 1. The Morgan fingerprint density at radius 1 is 1.16 bits per heavy atom. The summed E-state index contributed by atoms with van der Waals surface area (Å²) in [5, 5.41) is 3.59. The predicted molar refractivity (Wildman–Crippen MR) is 122 cm³/mol. The highest BCUT2D eigenvalue weighted by atomic mass is 35.5. The summed E-state index contributed by atoms with van der Waals surface area (Å²) in [5.74, 6) is 0.288. The molecule has 2 aromatic carbocycles. The summed E-state index contributed by atoms with van der Waals surface area (Å²) in [7, 11) is -2.23. The normalized spacial score (nSPS) is 15.8. The van der Waals surface area contributed by atoms with Crippen LogP contribution >= 0.6 is 11.6 Å². The van der Waals surface area contributed by atoms with Gasteiger partial charge < -0.3 is 10.1 Å². The summed E-state index contributed by atoms with van der Waals surface area (Å²) in [4.78, 5) is 12.7. The van der Waals surface area contributed by atoms with Crippen molar-refractivity contribution in [1.29, 1.82) is 0 Å². The second-order valence-electron chi connectivity index (χ2n) is 8.09. The molecule has 1 aliphatic heterocycles. The fourth-order valence-corrected chi connectivity index (χ4v) is 5.47. The number of hydrogen-bond donors (Lipinski definition) is 1. The van der Waals surface area contributed by atoms with E-state index in [0.717, 1.165) is 11.1 Å². The lowest BCUT2D eigenvalue weighted by molar-refractivity contribution is -0.126. The summed E-state index contributed by atoms with van der Waals surface area (Å²) in [6.45, 7) is 5.07. The average Bonchev–Trinajstić information content (AvgIpc) is 2.78. The van der Waals surface area contributed by atoms with Crippen LogP contribution in [0.3, 0.4) is 0 Å². The molecule has 0 aromatic heterocycles. The number of carbonyl (C=O) groups is 1. The molecule has 0 bridgehead atoms.